The second-order valence-corrected chi connectivity index (χ2v) is 0.600. The van der Waals surface area contributed by atoms with E-state index >= 15 is 0 Å². The van der Waals surface area contributed by atoms with Crippen molar-refractivity contribution in [2.45, 2.75) is 6.92 Å². The van der Waals surface area contributed by atoms with E-state index in [4.69, 9.17) is 0 Å². The van der Waals surface area contributed by atoms with Crippen LogP contribution in [-0.2, 0) is 0 Å². The first-order valence-corrected chi connectivity index (χ1v) is 1.63. The second kappa shape index (κ2) is 3.60. The van der Waals surface area contributed by atoms with Crippen LogP contribution >= 0.6 is 0 Å². The molecule has 0 bridgehead atoms. The minimum atomic E-state index is 0.677. The van der Waals surface area contributed by atoms with Gasteiger partial charge in [-0.2, -0.15) is 0 Å². The van der Waals surface area contributed by atoms with E-state index in [1.54, 1.807) is 7.05 Å². The minimum Gasteiger partial charge on any atom is -0.123 e. The average Bonchev–Trinajstić information content (AvgIpc) is 1.41. The first-order chi connectivity index (χ1) is 2.41. The van der Waals surface area contributed by atoms with Gasteiger partial charge in [-0.3, -0.25) is 0 Å². The third-order valence-electron chi connectivity index (χ3n) is 0.258. The number of hydrogen-bond acceptors (Lipinski definition) is 1. The molecule has 0 heterocycles. The molecule has 2 heteroatoms. The molecule has 30 valence electrons. The molecule has 2 nitrogen and oxygen atoms in total. The molecule has 0 atom stereocenters. The van der Waals surface area contributed by atoms with E-state index in [0.29, 0.717) is 6.61 Å². The fraction of sp³-hybridized carbons (Fsp3) is 1.00. The summed E-state index contributed by atoms with van der Waals surface area (Å²) in [6.45, 7) is 2.57. The molecule has 0 fully saturated rings. The first-order valence-electron chi connectivity index (χ1n) is 1.63. The van der Waals surface area contributed by atoms with Gasteiger partial charge in [0.1, 0.15) is 12.2 Å². The highest BCUT2D eigenvalue weighted by atomic mass is 16.5. The molecule has 0 rings (SSSR count). The predicted molar refractivity (Wildman–Crippen MR) is 22.3 cm³/mol. The number of nitrogens with zero attached hydrogens (tertiary/aromatic N) is 1. The number of rotatable bonds is 1. The zero-order valence-corrected chi connectivity index (χ0v) is 3.56. The topological polar surface area (TPSA) is 23.7 Å². The lowest BCUT2D eigenvalue weighted by atomic mass is 10.9. The first kappa shape index (κ1) is 4.60. The lowest BCUT2D eigenvalue weighted by Gasteiger charge is -1.50. The van der Waals surface area contributed by atoms with Crippen molar-refractivity contribution in [3.8, 4) is 0 Å². The van der Waals surface area contributed by atoms with Gasteiger partial charge in [-0.25, -0.2) is 0 Å². The average molecular weight is 74.1 g/mol. The maximum atomic E-state index is 4.46. The van der Waals surface area contributed by atoms with Crippen molar-refractivity contribution in [1.29, 1.82) is 0 Å². The quantitative estimate of drug-likeness (QED) is 0.413. The van der Waals surface area contributed by atoms with Gasteiger partial charge in [0.2, 0.25) is 0 Å². The molecular formula is C3H8NO+. The zero-order chi connectivity index (χ0) is 4.12. The standard InChI is InChI=1S/C3H8NO/c1-3-5-4-2/h3H2,1-2H3/q+1. The maximum Gasteiger partial charge on any atom is 0.303 e. The Balaban J connectivity index is 2.62. The smallest absolute Gasteiger partial charge is 0.123 e. The summed E-state index contributed by atoms with van der Waals surface area (Å²) in [6.07, 6.45) is 0. The highest BCUT2D eigenvalue weighted by Crippen LogP contribution is 1.57. The van der Waals surface area contributed by atoms with Crippen molar-refractivity contribution in [3.63, 3.8) is 0 Å². The molecule has 0 saturated carbocycles. The summed E-state index contributed by atoms with van der Waals surface area (Å²) in [5, 5.41) is 3.35. The monoisotopic (exact) mass is 74.1 g/mol. The van der Waals surface area contributed by atoms with Gasteiger partial charge in [0.05, 0.1) is 0 Å². The molecule has 0 amide bonds. The minimum absolute atomic E-state index is 0.677. The van der Waals surface area contributed by atoms with E-state index in [1.807, 2.05) is 6.92 Å². The van der Waals surface area contributed by atoms with Gasteiger partial charge in [-0.05, 0) is 0 Å². The summed E-state index contributed by atoms with van der Waals surface area (Å²) in [4.78, 5) is 0. The van der Waals surface area contributed by atoms with Gasteiger partial charge in [0, 0.05) is 6.92 Å². The van der Waals surface area contributed by atoms with Crippen LogP contribution in [0.4, 0.5) is 0 Å². The van der Waals surface area contributed by atoms with Crippen molar-refractivity contribution < 1.29 is 0 Å². The van der Waals surface area contributed by atoms with Crippen LogP contribution < -0.4 is 0 Å². The van der Waals surface area contributed by atoms with Gasteiger partial charge in [-0.1, -0.05) is 0 Å². The van der Waals surface area contributed by atoms with Crippen molar-refractivity contribution in [1.82, 2.24) is 0 Å². The second-order valence-electron chi connectivity index (χ2n) is 0.600. The van der Waals surface area contributed by atoms with Crippen LogP contribution in [0.5, 0.6) is 0 Å². The van der Waals surface area contributed by atoms with E-state index in [0.717, 1.165) is 0 Å². The molecule has 0 aliphatic carbocycles. The summed E-state index contributed by atoms with van der Waals surface area (Å²) >= 11 is 0. The van der Waals surface area contributed by atoms with E-state index < -0.39 is 0 Å². The van der Waals surface area contributed by atoms with Gasteiger partial charge < -0.3 is 0 Å². The SMILES string of the molecule is CC[O+]=NC. The molecule has 0 radical (unpaired) electrons. The van der Waals surface area contributed by atoms with E-state index in [-0.39, 0.29) is 0 Å². The summed E-state index contributed by atoms with van der Waals surface area (Å²) in [5.74, 6) is 0. The fourth-order valence-electron chi connectivity index (χ4n) is 0.129. The third-order valence-corrected chi connectivity index (χ3v) is 0.258. The van der Waals surface area contributed by atoms with Gasteiger partial charge in [0.25, 0.3) is 0 Å². The van der Waals surface area contributed by atoms with Crippen molar-refractivity contribution in [2.75, 3.05) is 13.7 Å². The molecule has 5 heavy (non-hydrogen) atoms. The van der Waals surface area contributed by atoms with Gasteiger partial charge in [0.15, 0.2) is 0 Å². The van der Waals surface area contributed by atoms with Crippen molar-refractivity contribution in [2.24, 2.45) is 5.18 Å². The molecule has 0 aromatic heterocycles. The van der Waals surface area contributed by atoms with Crippen LogP contribution in [0.2, 0.25) is 0 Å². The summed E-state index contributed by atoms with van der Waals surface area (Å²) in [5.41, 5.74) is 0. The van der Waals surface area contributed by atoms with Crippen LogP contribution in [0.15, 0.2) is 5.18 Å². The van der Waals surface area contributed by atoms with Crippen LogP contribution in [0.1, 0.15) is 6.92 Å². The number of hydrogen-bond donors (Lipinski definition) is 0. The molecule has 0 unspecified atom stereocenters. The molecule has 0 aliphatic rings. The number of nitroso groups, excluding NO2 is 1. The molecule has 0 N–H and O–H groups in total. The fourth-order valence-corrected chi connectivity index (χ4v) is 0.129. The van der Waals surface area contributed by atoms with Crippen LogP contribution in [0.25, 0.3) is 0 Å². The Morgan fingerprint density at radius 3 is 2.40 bits per heavy atom. The Kier molecular flexibility index (Phi) is 3.31. The van der Waals surface area contributed by atoms with E-state index in [9.17, 15) is 0 Å². The molecule has 0 saturated heterocycles. The van der Waals surface area contributed by atoms with Gasteiger partial charge in [-0.15, -0.1) is 4.54 Å². The lowest BCUT2D eigenvalue weighted by molar-refractivity contribution is 1.21. The molecule has 0 spiro atoms. The van der Waals surface area contributed by atoms with Crippen molar-refractivity contribution in [3.05, 3.63) is 4.54 Å². The predicted octanol–water partition coefficient (Wildman–Crippen LogP) is 0.938. The largest absolute Gasteiger partial charge is 0.303 e. The zero-order valence-electron chi connectivity index (χ0n) is 3.56. The van der Waals surface area contributed by atoms with Crippen molar-refractivity contribution >= 4 is 0 Å². The van der Waals surface area contributed by atoms with E-state index in [1.165, 1.54) is 0 Å². The van der Waals surface area contributed by atoms with Gasteiger partial charge >= 0.3 is 6.61 Å². The molecule has 0 aromatic carbocycles. The summed E-state index contributed by atoms with van der Waals surface area (Å²) in [7, 11) is 1.61. The van der Waals surface area contributed by atoms with Crippen LogP contribution in [0, 0.1) is 4.54 Å². The van der Waals surface area contributed by atoms with Crippen LogP contribution in [-0.4, -0.2) is 13.7 Å². The maximum absolute atomic E-state index is 4.46. The Hall–Kier alpha value is -0.400. The normalized spacial score (nSPS) is 10.0. The Bertz CT molecular complexity index is 33.9. The molecular weight excluding hydrogens is 66.0 g/mol. The molecule has 0 aromatic rings. The summed E-state index contributed by atoms with van der Waals surface area (Å²) < 4.78 is 4.46. The van der Waals surface area contributed by atoms with E-state index in [2.05, 4.69) is 9.71 Å². The molecule has 0 aliphatic heterocycles. The lowest BCUT2D eigenvalue weighted by Crippen LogP contribution is -1.61. The van der Waals surface area contributed by atoms with Crippen LogP contribution in [0.3, 0.4) is 0 Å². The Morgan fingerprint density at radius 1 is 1.80 bits per heavy atom. The highest BCUT2D eigenvalue weighted by Gasteiger charge is 1.69. The highest BCUT2D eigenvalue weighted by molar-refractivity contribution is 4.50. The Morgan fingerprint density at radius 2 is 2.40 bits per heavy atom. The third kappa shape index (κ3) is 3.60. The summed E-state index contributed by atoms with van der Waals surface area (Å²) in [6, 6.07) is 0. The Labute approximate surface area is 31.5 Å².